The van der Waals surface area contributed by atoms with Crippen molar-refractivity contribution in [3.63, 3.8) is 0 Å². The molecule has 2 rings (SSSR count). The number of halogens is 3. The van der Waals surface area contributed by atoms with E-state index in [1.165, 1.54) is 37.3 Å². The van der Waals surface area contributed by atoms with Gasteiger partial charge in [0.05, 0.1) is 11.5 Å². The fraction of sp³-hybridized carbons (Fsp3) is 0.176. The Morgan fingerprint density at radius 2 is 1.71 bits per heavy atom. The molecule has 126 valence electrons. The summed E-state index contributed by atoms with van der Waals surface area (Å²) in [5.41, 5.74) is -0.721. The van der Waals surface area contributed by atoms with Crippen LogP contribution in [0.25, 0.3) is 11.1 Å². The normalized spacial score (nSPS) is 11.2. The minimum atomic E-state index is -4.48. The molecule has 0 bridgehead atoms. The van der Waals surface area contributed by atoms with Gasteiger partial charge in [0.15, 0.2) is 0 Å². The first-order chi connectivity index (χ1) is 11.2. The van der Waals surface area contributed by atoms with Crippen molar-refractivity contribution >= 4 is 11.9 Å². The Balaban J connectivity index is 2.55. The predicted octanol–water partition coefficient (Wildman–Crippen LogP) is 3.05. The summed E-state index contributed by atoms with van der Waals surface area (Å²) in [6.07, 6.45) is -4.48. The van der Waals surface area contributed by atoms with Crippen LogP contribution < -0.4 is 9.84 Å². The molecule has 0 saturated heterocycles. The van der Waals surface area contributed by atoms with Crippen molar-refractivity contribution < 1.29 is 32.6 Å². The first-order valence-electron chi connectivity index (χ1n) is 6.96. The molecule has 4 nitrogen and oxygen atoms in total. The molecular weight excluding hydrogens is 325 g/mol. The number of carbonyl (C=O) groups is 2. The van der Waals surface area contributed by atoms with Crippen molar-refractivity contribution in [2.75, 3.05) is 0 Å². The Bertz CT molecular complexity index is 764. The Kier molecular flexibility index (Phi) is 4.92. The second kappa shape index (κ2) is 6.74. The van der Waals surface area contributed by atoms with Crippen LogP contribution in [-0.2, 0) is 11.0 Å². The molecule has 0 aliphatic heterocycles. The number of carboxylic acid groups (broad SMARTS) is 1. The fourth-order valence-electron chi connectivity index (χ4n) is 2.06. The van der Waals surface area contributed by atoms with Gasteiger partial charge < -0.3 is 14.6 Å². The van der Waals surface area contributed by atoms with Gasteiger partial charge in [-0.2, -0.15) is 13.2 Å². The van der Waals surface area contributed by atoms with Crippen LogP contribution in [-0.4, -0.2) is 11.9 Å². The monoisotopic (exact) mass is 337 g/mol. The molecule has 0 fully saturated rings. The zero-order valence-electron chi connectivity index (χ0n) is 12.5. The zero-order chi connectivity index (χ0) is 17.9. The molecule has 0 heterocycles. The van der Waals surface area contributed by atoms with Gasteiger partial charge in [0.2, 0.25) is 0 Å². The third-order valence-corrected chi connectivity index (χ3v) is 3.26. The van der Waals surface area contributed by atoms with Crippen molar-refractivity contribution in [3.8, 4) is 16.9 Å². The van der Waals surface area contributed by atoms with Crippen molar-refractivity contribution in [1.29, 1.82) is 0 Å². The summed E-state index contributed by atoms with van der Waals surface area (Å²) in [5, 5.41) is 11.2. The SMILES string of the molecule is CCC(=O)Oc1c(C(=O)[O-])cccc1-c1ccc(C(F)(F)F)cc1. The molecule has 0 aliphatic rings. The van der Waals surface area contributed by atoms with Gasteiger partial charge in [-0.1, -0.05) is 31.2 Å². The molecule has 0 amide bonds. The molecule has 24 heavy (non-hydrogen) atoms. The van der Waals surface area contributed by atoms with Gasteiger partial charge in [0, 0.05) is 17.5 Å². The summed E-state index contributed by atoms with van der Waals surface area (Å²) in [6, 6.07) is 8.13. The van der Waals surface area contributed by atoms with E-state index in [0.717, 1.165) is 12.1 Å². The third-order valence-electron chi connectivity index (χ3n) is 3.26. The van der Waals surface area contributed by atoms with E-state index in [-0.39, 0.29) is 28.9 Å². The Morgan fingerprint density at radius 3 is 2.21 bits per heavy atom. The van der Waals surface area contributed by atoms with Crippen molar-refractivity contribution in [3.05, 3.63) is 53.6 Å². The first-order valence-corrected chi connectivity index (χ1v) is 6.96. The molecule has 0 radical (unpaired) electrons. The summed E-state index contributed by atoms with van der Waals surface area (Å²) in [4.78, 5) is 22.8. The molecule has 0 N–H and O–H groups in total. The van der Waals surface area contributed by atoms with Crippen LogP contribution in [0.2, 0.25) is 0 Å². The van der Waals surface area contributed by atoms with Crippen LogP contribution in [0, 0.1) is 0 Å². The summed E-state index contributed by atoms with van der Waals surface area (Å²) >= 11 is 0. The number of benzene rings is 2. The highest BCUT2D eigenvalue weighted by Crippen LogP contribution is 2.36. The topological polar surface area (TPSA) is 66.4 Å². The molecule has 2 aromatic rings. The summed E-state index contributed by atoms with van der Waals surface area (Å²) in [5.74, 6) is -2.47. The molecule has 0 unspecified atom stereocenters. The quantitative estimate of drug-likeness (QED) is 0.635. The van der Waals surface area contributed by atoms with Gasteiger partial charge in [0.25, 0.3) is 0 Å². The molecule has 0 aromatic heterocycles. The van der Waals surface area contributed by atoms with E-state index in [4.69, 9.17) is 4.74 Å². The molecule has 2 aromatic carbocycles. The minimum absolute atomic E-state index is 0.00777. The third kappa shape index (κ3) is 3.73. The average Bonchev–Trinajstić information content (AvgIpc) is 2.54. The van der Waals surface area contributed by atoms with E-state index in [1.807, 2.05) is 0 Å². The number of hydrogen-bond acceptors (Lipinski definition) is 4. The predicted molar refractivity (Wildman–Crippen MR) is 77.1 cm³/mol. The zero-order valence-corrected chi connectivity index (χ0v) is 12.5. The lowest BCUT2D eigenvalue weighted by atomic mass is 10.00. The number of esters is 1. The number of ether oxygens (including phenoxy) is 1. The fourth-order valence-corrected chi connectivity index (χ4v) is 2.06. The van der Waals surface area contributed by atoms with E-state index in [1.54, 1.807) is 0 Å². The highest BCUT2D eigenvalue weighted by molar-refractivity contribution is 5.94. The second-order valence-electron chi connectivity index (χ2n) is 4.87. The van der Waals surface area contributed by atoms with Crippen molar-refractivity contribution in [2.45, 2.75) is 19.5 Å². The van der Waals surface area contributed by atoms with Crippen LogP contribution >= 0.6 is 0 Å². The van der Waals surface area contributed by atoms with E-state index in [9.17, 15) is 27.9 Å². The van der Waals surface area contributed by atoms with Crippen LogP contribution in [0.4, 0.5) is 13.2 Å². The number of carboxylic acids is 1. The maximum Gasteiger partial charge on any atom is 0.416 e. The number of hydrogen-bond donors (Lipinski definition) is 0. The van der Waals surface area contributed by atoms with Gasteiger partial charge in [-0.3, -0.25) is 4.79 Å². The van der Waals surface area contributed by atoms with Crippen molar-refractivity contribution in [2.24, 2.45) is 0 Å². The second-order valence-corrected chi connectivity index (χ2v) is 4.87. The largest absolute Gasteiger partial charge is 0.545 e. The summed E-state index contributed by atoms with van der Waals surface area (Å²) < 4.78 is 43.0. The molecule has 0 aliphatic carbocycles. The first kappa shape index (κ1) is 17.5. The smallest absolute Gasteiger partial charge is 0.416 e. The maximum absolute atomic E-state index is 12.6. The number of aromatic carboxylic acids is 1. The van der Waals surface area contributed by atoms with Gasteiger partial charge in [-0.15, -0.1) is 0 Å². The van der Waals surface area contributed by atoms with E-state index >= 15 is 0 Å². The molecule has 0 atom stereocenters. The van der Waals surface area contributed by atoms with Crippen LogP contribution in [0.1, 0.15) is 29.3 Å². The minimum Gasteiger partial charge on any atom is -0.545 e. The van der Waals surface area contributed by atoms with E-state index in [0.29, 0.717) is 0 Å². The number of alkyl halides is 3. The molecule has 7 heteroatoms. The van der Waals surface area contributed by atoms with Crippen LogP contribution in [0.3, 0.4) is 0 Å². The van der Waals surface area contributed by atoms with Gasteiger partial charge in [-0.05, 0) is 23.8 Å². The van der Waals surface area contributed by atoms with Gasteiger partial charge in [-0.25, -0.2) is 0 Å². The average molecular weight is 337 g/mol. The Morgan fingerprint density at radius 1 is 1.08 bits per heavy atom. The number of carbonyl (C=O) groups excluding carboxylic acids is 2. The Hall–Kier alpha value is -2.83. The number of rotatable bonds is 4. The molecule has 0 saturated carbocycles. The molecular formula is C17H12F3O4-. The molecule has 0 spiro atoms. The summed E-state index contributed by atoms with van der Waals surface area (Å²) in [7, 11) is 0. The standard InChI is InChI=1S/C17H13F3O4/c1-2-14(21)24-15-12(4-3-5-13(15)16(22)23)10-6-8-11(9-7-10)17(18,19)20/h3-9H,2H2,1H3,(H,22,23)/p-1. The lowest BCUT2D eigenvalue weighted by Gasteiger charge is -2.16. The van der Waals surface area contributed by atoms with Gasteiger partial charge in [0.1, 0.15) is 5.75 Å². The van der Waals surface area contributed by atoms with Crippen LogP contribution in [0.5, 0.6) is 5.75 Å². The lowest BCUT2D eigenvalue weighted by Crippen LogP contribution is -2.24. The van der Waals surface area contributed by atoms with Crippen LogP contribution in [0.15, 0.2) is 42.5 Å². The summed E-state index contributed by atoms with van der Waals surface area (Å²) in [6.45, 7) is 1.53. The van der Waals surface area contributed by atoms with Crippen molar-refractivity contribution in [1.82, 2.24) is 0 Å². The lowest BCUT2D eigenvalue weighted by molar-refractivity contribution is -0.255. The Labute approximate surface area is 135 Å². The van der Waals surface area contributed by atoms with E-state index < -0.39 is 23.7 Å². The number of para-hydroxylation sites is 1. The van der Waals surface area contributed by atoms with E-state index in [2.05, 4.69) is 0 Å². The highest BCUT2D eigenvalue weighted by atomic mass is 19.4. The van der Waals surface area contributed by atoms with Gasteiger partial charge >= 0.3 is 12.1 Å². The highest BCUT2D eigenvalue weighted by Gasteiger charge is 2.30. The maximum atomic E-state index is 12.6.